The van der Waals surface area contributed by atoms with Gasteiger partial charge in [0.1, 0.15) is 6.54 Å². The van der Waals surface area contributed by atoms with E-state index >= 15 is 0 Å². The van der Waals surface area contributed by atoms with E-state index in [9.17, 15) is 9.59 Å². The van der Waals surface area contributed by atoms with Crippen LogP contribution in [0.3, 0.4) is 0 Å². The van der Waals surface area contributed by atoms with Gasteiger partial charge in [-0.15, -0.1) is 0 Å². The molecule has 0 rings (SSSR count). The summed E-state index contributed by atoms with van der Waals surface area (Å²) in [7, 11) is 6.16. The normalized spacial score (nSPS) is 10.6. The first-order valence-electron chi connectivity index (χ1n) is 4.56. The lowest BCUT2D eigenvalue weighted by Gasteiger charge is -2.21. The summed E-state index contributed by atoms with van der Waals surface area (Å²) in [5.74, 6) is 2.79. The Kier molecular flexibility index (Phi) is 9.37. The van der Waals surface area contributed by atoms with Crippen molar-refractivity contribution in [1.29, 1.82) is 0 Å². The molecule has 0 aliphatic heterocycles. The molecule has 0 unspecified atom stereocenters. The van der Waals surface area contributed by atoms with E-state index < -0.39 is 11.9 Å². The number of carboxylic acid groups (broad SMARTS) is 1. The second kappa shape index (κ2) is 8.84. The molecule has 0 spiro atoms. The molecule has 7 nitrogen and oxygen atoms in total. The van der Waals surface area contributed by atoms with Crippen molar-refractivity contribution in [3.05, 3.63) is 12.2 Å². The van der Waals surface area contributed by atoms with Gasteiger partial charge in [0.2, 0.25) is 0 Å². The number of carbonyl (C=O) groups excluding carboxylic acids is 1. The van der Waals surface area contributed by atoms with E-state index in [1.54, 1.807) is 5.43 Å². The van der Waals surface area contributed by atoms with Crippen molar-refractivity contribution in [1.82, 2.24) is 5.43 Å². The van der Waals surface area contributed by atoms with E-state index in [2.05, 4.69) is 27.0 Å². The second-order valence-electron chi connectivity index (χ2n) is 3.92. The van der Waals surface area contributed by atoms with Gasteiger partial charge in [-0.25, -0.2) is 10.6 Å². The van der Waals surface area contributed by atoms with E-state index in [1.807, 2.05) is 0 Å². The zero-order chi connectivity index (χ0) is 13.2. The first kappa shape index (κ1) is 17.0. The number of carboxylic acids is 1. The molecular weight excluding hydrogens is 214 g/mol. The number of rotatable bonds is 4. The Hall–Kier alpha value is -1.44. The Morgan fingerprint density at radius 3 is 2.00 bits per heavy atom. The highest BCUT2D eigenvalue weighted by Gasteiger charge is 2.02. The van der Waals surface area contributed by atoms with Gasteiger partial charge in [0, 0.05) is 12.2 Å². The van der Waals surface area contributed by atoms with Gasteiger partial charge in [-0.3, -0.25) is 10.2 Å². The lowest BCUT2D eigenvalue weighted by molar-refractivity contribution is -0.870. The van der Waals surface area contributed by atoms with Gasteiger partial charge in [0.15, 0.2) is 0 Å². The number of hydrogen-bond acceptors (Lipinski definition) is 4. The van der Waals surface area contributed by atoms with Crippen molar-refractivity contribution in [2.24, 2.45) is 5.84 Å². The van der Waals surface area contributed by atoms with Gasteiger partial charge in [-0.2, -0.15) is 0 Å². The highest BCUT2D eigenvalue weighted by molar-refractivity contribution is 5.93. The van der Waals surface area contributed by atoms with Crippen LogP contribution in [-0.4, -0.2) is 60.9 Å². The summed E-state index contributed by atoms with van der Waals surface area (Å²) in [6.07, 6.45) is 1.52. The first-order valence-corrected chi connectivity index (χ1v) is 4.56. The van der Waals surface area contributed by atoms with Gasteiger partial charge in [0.05, 0.1) is 27.7 Å². The van der Waals surface area contributed by atoms with Crippen molar-refractivity contribution in [2.45, 2.75) is 0 Å². The largest absolute Gasteiger partial charge is 0.478 e. The summed E-state index contributed by atoms with van der Waals surface area (Å²) in [6, 6.07) is 0. The van der Waals surface area contributed by atoms with Gasteiger partial charge >= 0.3 is 5.97 Å². The number of nitrogens with two attached hydrogens (primary N) is 1. The Morgan fingerprint density at radius 2 is 1.81 bits per heavy atom. The molecule has 0 bridgehead atoms. The molecule has 0 saturated carbocycles. The Labute approximate surface area is 94.7 Å². The number of aliphatic carboxylic acids is 1. The van der Waals surface area contributed by atoms with Crippen molar-refractivity contribution >= 4 is 11.9 Å². The summed E-state index contributed by atoms with van der Waals surface area (Å²) in [5, 5.41) is 16.3. The molecule has 7 heteroatoms. The monoisotopic (exact) mass is 234 g/mol. The Balaban J connectivity index is 0. The average molecular weight is 234 g/mol. The molecule has 94 valence electrons. The fourth-order valence-corrected chi connectivity index (χ4v) is 0.495. The summed E-state index contributed by atoms with van der Waals surface area (Å²) < 4.78 is 0.844. The summed E-state index contributed by atoms with van der Waals surface area (Å²) in [6.45, 7) is 1.11. The topological polar surface area (TPSA) is 113 Å². The third-order valence-corrected chi connectivity index (χ3v) is 1.29. The number of carbonyl (C=O) groups is 2. The SMILES string of the molecule is C[N+](C)(C)CCO.NNC(=O)C=CC(=O)O. The number of hydrogen-bond donors (Lipinski definition) is 4. The fourth-order valence-electron chi connectivity index (χ4n) is 0.495. The van der Waals surface area contributed by atoms with Crippen molar-refractivity contribution in [3.63, 3.8) is 0 Å². The van der Waals surface area contributed by atoms with Crippen LogP contribution in [0.2, 0.25) is 0 Å². The summed E-state index contributed by atoms with van der Waals surface area (Å²) >= 11 is 0. The van der Waals surface area contributed by atoms with Crippen LogP contribution in [0.1, 0.15) is 0 Å². The zero-order valence-corrected chi connectivity index (χ0v) is 9.80. The van der Waals surface area contributed by atoms with Crippen LogP contribution in [0.4, 0.5) is 0 Å². The quantitative estimate of drug-likeness (QED) is 0.152. The van der Waals surface area contributed by atoms with E-state index in [0.717, 1.165) is 17.1 Å². The molecule has 0 aliphatic carbocycles. The van der Waals surface area contributed by atoms with Crippen LogP contribution in [0, 0.1) is 0 Å². The summed E-state index contributed by atoms with van der Waals surface area (Å²) in [4.78, 5) is 19.8. The van der Waals surface area contributed by atoms with Crippen LogP contribution in [0.5, 0.6) is 0 Å². The number of nitrogens with one attached hydrogen (secondary N) is 1. The fraction of sp³-hybridized carbons (Fsp3) is 0.556. The maximum absolute atomic E-state index is 10.1. The van der Waals surface area contributed by atoms with E-state index in [0.29, 0.717) is 6.08 Å². The molecule has 1 amide bonds. The third kappa shape index (κ3) is 18.4. The second-order valence-corrected chi connectivity index (χ2v) is 3.92. The van der Waals surface area contributed by atoms with E-state index in [-0.39, 0.29) is 6.61 Å². The minimum Gasteiger partial charge on any atom is -0.478 e. The van der Waals surface area contributed by atoms with E-state index in [4.69, 9.17) is 10.2 Å². The lowest BCUT2D eigenvalue weighted by Crippen LogP contribution is -2.36. The predicted octanol–water partition coefficient (Wildman–Crippen LogP) is -1.70. The smallest absolute Gasteiger partial charge is 0.328 e. The van der Waals surface area contributed by atoms with Crippen LogP contribution in [0.15, 0.2) is 12.2 Å². The van der Waals surface area contributed by atoms with E-state index in [1.165, 1.54) is 0 Å². The molecule has 16 heavy (non-hydrogen) atoms. The molecular formula is C9H20N3O4+. The van der Waals surface area contributed by atoms with Crippen molar-refractivity contribution < 1.29 is 24.3 Å². The molecule has 0 atom stereocenters. The number of aliphatic hydroxyl groups excluding tert-OH is 1. The molecule has 0 saturated heterocycles. The van der Waals surface area contributed by atoms with Gasteiger partial charge < -0.3 is 14.7 Å². The number of nitrogens with zero attached hydrogens (tertiary/aromatic N) is 1. The number of quaternary nitrogens is 1. The summed E-state index contributed by atoms with van der Waals surface area (Å²) in [5.41, 5.74) is 1.73. The van der Waals surface area contributed by atoms with Crippen LogP contribution in [0.25, 0.3) is 0 Å². The molecule has 0 aromatic rings. The molecule has 0 fully saturated rings. The average Bonchev–Trinajstić information content (AvgIpc) is 2.13. The van der Waals surface area contributed by atoms with Crippen LogP contribution in [-0.2, 0) is 9.59 Å². The Bertz CT molecular complexity index is 246. The molecule has 5 N–H and O–H groups in total. The van der Waals surface area contributed by atoms with Gasteiger partial charge in [-0.1, -0.05) is 0 Å². The predicted molar refractivity (Wildman–Crippen MR) is 59.1 cm³/mol. The standard InChI is InChI=1S/C5H14NO.C4H6N2O3/c1-6(2,3)4-5-7;5-6-3(7)1-2-4(8)9/h7H,4-5H2,1-3H3;1-2H,5H2,(H,6,7)(H,8,9)/q+1;. The van der Waals surface area contributed by atoms with Crippen LogP contribution >= 0.6 is 0 Å². The van der Waals surface area contributed by atoms with Crippen LogP contribution < -0.4 is 11.3 Å². The number of amides is 1. The highest BCUT2D eigenvalue weighted by Crippen LogP contribution is 1.84. The number of hydrazine groups is 1. The molecule has 0 radical (unpaired) electrons. The third-order valence-electron chi connectivity index (χ3n) is 1.29. The van der Waals surface area contributed by atoms with Gasteiger partial charge in [-0.05, 0) is 0 Å². The number of likely N-dealkylation sites (N-methyl/N-ethyl adjacent to an activating group) is 1. The Morgan fingerprint density at radius 1 is 1.31 bits per heavy atom. The molecule has 0 aliphatic rings. The van der Waals surface area contributed by atoms with Gasteiger partial charge in [0.25, 0.3) is 5.91 Å². The minimum atomic E-state index is -1.18. The maximum atomic E-state index is 10.1. The molecule has 0 aromatic heterocycles. The maximum Gasteiger partial charge on any atom is 0.328 e. The molecule has 0 aromatic carbocycles. The minimum absolute atomic E-state index is 0.281. The molecule has 0 heterocycles. The first-order chi connectivity index (χ1) is 7.22. The number of aliphatic hydroxyl groups is 1. The lowest BCUT2D eigenvalue weighted by atomic mass is 10.5. The van der Waals surface area contributed by atoms with Crippen molar-refractivity contribution in [3.8, 4) is 0 Å². The van der Waals surface area contributed by atoms with Crippen molar-refractivity contribution in [2.75, 3.05) is 34.3 Å². The zero-order valence-electron chi connectivity index (χ0n) is 9.80. The highest BCUT2D eigenvalue weighted by atomic mass is 16.4.